The number of para-hydroxylation sites is 1. The second kappa shape index (κ2) is 14.4. The number of likely N-dealkylation sites (tertiary alicyclic amines) is 1. The van der Waals surface area contributed by atoms with Crippen LogP contribution in [0.25, 0.3) is 0 Å². The molecule has 4 aliphatic rings. The summed E-state index contributed by atoms with van der Waals surface area (Å²) >= 11 is 1.66. The van der Waals surface area contributed by atoms with E-state index in [1.807, 2.05) is 65.6 Å². The number of hydrogen-bond donors (Lipinski definition) is 1. The first kappa shape index (κ1) is 33.5. The van der Waals surface area contributed by atoms with Crippen LogP contribution in [0.3, 0.4) is 0 Å². The van der Waals surface area contributed by atoms with Crippen molar-refractivity contribution >= 4 is 35.2 Å². The molecule has 6 rings (SSSR count). The topological polar surface area (TPSA) is 93.6 Å². The van der Waals surface area contributed by atoms with Crippen LogP contribution >= 0.6 is 11.8 Å². The van der Waals surface area contributed by atoms with Crippen molar-refractivity contribution in [2.75, 3.05) is 64.0 Å². The highest BCUT2D eigenvalue weighted by Crippen LogP contribution is 2.69. The molecule has 0 aliphatic carbocycles. The van der Waals surface area contributed by atoms with Crippen LogP contribution in [-0.2, 0) is 19.1 Å². The van der Waals surface area contributed by atoms with Crippen molar-refractivity contribution in [3.8, 4) is 0 Å². The molecule has 2 aromatic rings. The van der Waals surface area contributed by atoms with Crippen LogP contribution in [0.15, 0.2) is 86.0 Å². The molecule has 47 heavy (non-hydrogen) atoms. The Bertz CT molecular complexity index is 1450. The lowest BCUT2D eigenvalue weighted by molar-refractivity contribution is -0.146. The molecular formula is C37H46N4O5S. The summed E-state index contributed by atoms with van der Waals surface area (Å²) in [5, 5.41) is 10.8. The normalized spacial score (nSPS) is 28.9. The van der Waals surface area contributed by atoms with Crippen LogP contribution in [0.2, 0.25) is 0 Å². The quantitative estimate of drug-likeness (QED) is 0.329. The molecule has 3 amide bonds. The number of benzene rings is 2. The minimum atomic E-state index is -0.852. The Morgan fingerprint density at radius 2 is 1.70 bits per heavy atom. The van der Waals surface area contributed by atoms with Gasteiger partial charge in [-0.25, -0.2) is 0 Å². The Morgan fingerprint density at radius 3 is 2.34 bits per heavy atom. The van der Waals surface area contributed by atoms with Crippen molar-refractivity contribution in [2.24, 2.45) is 17.8 Å². The second-order valence-electron chi connectivity index (χ2n) is 13.0. The van der Waals surface area contributed by atoms with Crippen LogP contribution in [-0.4, -0.2) is 113 Å². The lowest BCUT2D eigenvalue weighted by Crippen LogP contribution is -2.58. The summed E-state index contributed by atoms with van der Waals surface area (Å²) in [6.07, 6.45) is 4.16. The molecule has 1 spiro atoms. The smallest absolute Gasteiger partial charge is 0.247 e. The average Bonchev–Trinajstić information content (AvgIpc) is 3.70. The van der Waals surface area contributed by atoms with Crippen LogP contribution in [0.4, 0.5) is 5.69 Å². The standard InChI is InChI=1S/C37H46N4O5S/c1-4-16-39(19-18-38-20-22-46-23-21-38)36(45)33-37-26(3)24-30(47-37)31(34(43)40(17-5-2)28-14-10-7-11-15-28)32(37)35(44)41(33)29(25-42)27-12-8-6-9-13-27/h4-15,26,29-33,42H,1-2,16-25H2,3H3/t26?,29-,30-,31+,32+,33?,37?/m1/s1. The number of fused-ring (bicyclic) bond motifs is 1. The molecule has 10 heteroatoms. The number of aliphatic hydroxyl groups excluding tert-OH is 1. The first-order chi connectivity index (χ1) is 22.9. The van der Waals surface area contributed by atoms with Crippen molar-refractivity contribution in [3.05, 3.63) is 91.5 Å². The first-order valence-corrected chi connectivity index (χ1v) is 17.6. The van der Waals surface area contributed by atoms with E-state index in [0.29, 0.717) is 39.4 Å². The monoisotopic (exact) mass is 658 g/mol. The minimum Gasteiger partial charge on any atom is -0.394 e. The van der Waals surface area contributed by atoms with Crippen molar-refractivity contribution in [1.82, 2.24) is 14.7 Å². The van der Waals surface area contributed by atoms with Gasteiger partial charge in [0.1, 0.15) is 6.04 Å². The van der Waals surface area contributed by atoms with Gasteiger partial charge in [0.15, 0.2) is 0 Å². The van der Waals surface area contributed by atoms with Gasteiger partial charge >= 0.3 is 0 Å². The van der Waals surface area contributed by atoms with Gasteiger partial charge in [-0.15, -0.1) is 24.9 Å². The predicted octanol–water partition coefficient (Wildman–Crippen LogP) is 3.62. The number of carbonyl (C=O) groups excluding carboxylic acids is 3. The fourth-order valence-corrected chi connectivity index (χ4v) is 10.7. The summed E-state index contributed by atoms with van der Waals surface area (Å²) in [5.41, 5.74) is 1.51. The van der Waals surface area contributed by atoms with E-state index in [1.165, 1.54) is 0 Å². The number of hydrogen-bond acceptors (Lipinski definition) is 7. The maximum Gasteiger partial charge on any atom is 0.247 e. The van der Waals surface area contributed by atoms with Gasteiger partial charge < -0.3 is 24.5 Å². The molecule has 4 aliphatic heterocycles. The van der Waals surface area contributed by atoms with Crippen molar-refractivity contribution in [1.29, 1.82) is 0 Å². The Labute approximate surface area is 282 Å². The molecule has 1 N–H and O–H groups in total. The summed E-state index contributed by atoms with van der Waals surface area (Å²) in [6.45, 7) is 14.4. The zero-order valence-corrected chi connectivity index (χ0v) is 28.0. The van der Waals surface area contributed by atoms with E-state index in [9.17, 15) is 9.90 Å². The molecule has 4 fully saturated rings. The Kier molecular flexibility index (Phi) is 10.2. The summed E-state index contributed by atoms with van der Waals surface area (Å²) < 4.78 is 4.70. The fourth-order valence-electron chi connectivity index (χ4n) is 8.33. The highest BCUT2D eigenvalue weighted by Gasteiger charge is 2.77. The van der Waals surface area contributed by atoms with Crippen molar-refractivity contribution < 1.29 is 24.2 Å². The average molecular weight is 659 g/mol. The molecule has 9 nitrogen and oxygen atoms in total. The SMILES string of the molecule is C=CCN(CCN1CCOCC1)C(=O)C1N([C@H](CO)c2ccccc2)C(=O)[C@@H]2[C@@H](C(=O)N(CC=C)c3ccccc3)[C@H]3CC(C)C12S3. The number of anilines is 1. The number of morpholine rings is 1. The van der Waals surface area contributed by atoms with Crippen molar-refractivity contribution in [2.45, 2.75) is 35.4 Å². The van der Waals surface area contributed by atoms with E-state index in [0.717, 1.165) is 30.8 Å². The van der Waals surface area contributed by atoms with Gasteiger partial charge in [0, 0.05) is 50.2 Å². The molecule has 7 atom stereocenters. The van der Waals surface area contributed by atoms with E-state index in [2.05, 4.69) is 25.0 Å². The van der Waals surface area contributed by atoms with Crippen LogP contribution in [0.1, 0.15) is 24.9 Å². The highest BCUT2D eigenvalue weighted by molar-refractivity contribution is 8.02. The lowest BCUT2D eigenvalue weighted by atomic mass is 9.65. The van der Waals surface area contributed by atoms with Crippen LogP contribution in [0, 0.1) is 17.8 Å². The summed E-state index contributed by atoms with van der Waals surface area (Å²) in [6, 6.07) is 17.3. The zero-order valence-electron chi connectivity index (χ0n) is 27.2. The number of ether oxygens (including phenoxy) is 1. The molecule has 250 valence electrons. The van der Waals surface area contributed by atoms with Gasteiger partial charge in [-0.3, -0.25) is 19.3 Å². The van der Waals surface area contributed by atoms with E-state index < -0.39 is 28.7 Å². The molecule has 0 saturated carbocycles. The zero-order chi connectivity index (χ0) is 33.1. The summed E-state index contributed by atoms with van der Waals surface area (Å²) in [4.78, 5) is 52.2. The lowest BCUT2D eigenvalue weighted by Gasteiger charge is -2.42. The maximum atomic E-state index is 15.1. The third kappa shape index (κ3) is 5.94. The third-order valence-electron chi connectivity index (χ3n) is 10.5. The van der Waals surface area contributed by atoms with E-state index in [-0.39, 0.29) is 35.5 Å². The fraction of sp³-hybridized carbons (Fsp3) is 0.486. The largest absolute Gasteiger partial charge is 0.394 e. The number of nitrogens with zero attached hydrogens (tertiary/aromatic N) is 4. The summed E-state index contributed by atoms with van der Waals surface area (Å²) in [7, 11) is 0. The molecule has 0 aromatic heterocycles. The van der Waals surface area contributed by atoms with Gasteiger partial charge in [0.25, 0.3) is 0 Å². The minimum absolute atomic E-state index is 0.000954. The van der Waals surface area contributed by atoms with Gasteiger partial charge in [0.05, 0.1) is 42.4 Å². The molecule has 4 saturated heterocycles. The number of carbonyl (C=O) groups is 3. The molecule has 3 unspecified atom stereocenters. The molecular weight excluding hydrogens is 612 g/mol. The number of rotatable bonds is 13. The molecule has 0 radical (unpaired) electrons. The van der Waals surface area contributed by atoms with E-state index in [4.69, 9.17) is 4.74 Å². The summed E-state index contributed by atoms with van der Waals surface area (Å²) in [5.74, 6) is -1.82. The molecule has 4 heterocycles. The predicted molar refractivity (Wildman–Crippen MR) is 185 cm³/mol. The van der Waals surface area contributed by atoms with Crippen LogP contribution in [0.5, 0.6) is 0 Å². The number of thioether (sulfide) groups is 1. The Hall–Kier alpha value is -3.44. The number of aliphatic hydroxyl groups is 1. The highest BCUT2D eigenvalue weighted by atomic mass is 32.2. The van der Waals surface area contributed by atoms with Gasteiger partial charge in [-0.2, -0.15) is 0 Å². The maximum absolute atomic E-state index is 15.1. The van der Waals surface area contributed by atoms with Crippen LogP contribution < -0.4 is 4.90 Å². The third-order valence-corrected chi connectivity index (χ3v) is 12.6. The van der Waals surface area contributed by atoms with E-state index >= 15 is 9.59 Å². The number of amides is 3. The van der Waals surface area contributed by atoms with Gasteiger partial charge in [-0.05, 0) is 30.0 Å². The van der Waals surface area contributed by atoms with E-state index in [1.54, 1.807) is 33.7 Å². The molecule has 2 bridgehead atoms. The second-order valence-corrected chi connectivity index (χ2v) is 14.6. The Balaban J connectivity index is 1.42. The Morgan fingerprint density at radius 1 is 1.04 bits per heavy atom. The van der Waals surface area contributed by atoms with Crippen molar-refractivity contribution in [3.63, 3.8) is 0 Å². The van der Waals surface area contributed by atoms with Gasteiger partial charge in [-0.1, -0.05) is 67.6 Å². The first-order valence-electron chi connectivity index (χ1n) is 16.7. The van der Waals surface area contributed by atoms with Gasteiger partial charge in [0.2, 0.25) is 17.7 Å². The molecule has 2 aromatic carbocycles.